The Labute approximate surface area is 272 Å². The summed E-state index contributed by atoms with van der Waals surface area (Å²) < 4.78 is 6.09. The number of halogens is 1. The molecule has 1 saturated heterocycles. The van der Waals surface area contributed by atoms with E-state index >= 15 is 0 Å². The molecule has 0 unspecified atom stereocenters. The van der Waals surface area contributed by atoms with Gasteiger partial charge >= 0.3 is 5.97 Å². The van der Waals surface area contributed by atoms with Gasteiger partial charge in [-0.05, 0) is 66.6 Å². The molecule has 3 heterocycles. The highest BCUT2D eigenvalue weighted by Crippen LogP contribution is 2.57. The number of carbonyl (C=O) groups is 3. The Kier molecular flexibility index (Phi) is 9.49. The lowest BCUT2D eigenvalue weighted by Gasteiger charge is -2.30. The van der Waals surface area contributed by atoms with E-state index in [1.54, 1.807) is 16.6 Å². The minimum Gasteiger partial charge on any atom is -0.466 e. The number of hydrogen-bond acceptors (Lipinski definition) is 7. The molecule has 3 aromatic rings. The van der Waals surface area contributed by atoms with Gasteiger partial charge in [-0.25, -0.2) is 0 Å². The zero-order valence-corrected chi connectivity index (χ0v) is 27.2. The van der Waals surface area contributed by atoms with Crippen LogP contribution in [0.25, 0.3) is 11.3 Å². The second kappa shape index (κ2) is 13.7. The van der Waals surface area contributed by atoms with Gasteiger partial charge < -0.3 is 15.0 Å². The number of aromatic nitrogens is 3. The summed E-state index contributed by atoms with van der Waals surface area (Å²) in [6.07, 6.45) is 9.66. The normalized spacial score (nSPS) is 27.9. The molecule has 2 aliphatic heterocycles. The molecule has 1 saturated carbocycles. The van der Waals surface area contributed by atoms with Gasteiger partial charge in [0.05, 0.1) is 24.1 Å². The fourth-order valence-corrected chi connectivity index (χ4v) is 7.28. The largest absolute Gasteiger partial charge is 0.466 e. The van der Waals surface area contributed by atoms with Crippen LogP contribution in [0.1, 0.15) is 64.3 Å². The van der Waals surface area contributed by atoms with Crippen molar-refractivity contribution in [1.29, 1.82) is 0 Å². The summed E-state index contributed by atoms with van der Waals surface area (Å²) in [6, 6.07) is 18.0. The van der Waals surface area contributed by atoms with Gasteiger partial charge in [0.25, 0.3) is 0 Å². The maximum Gasteiger partial charge on any atom is 0.313 e. The molecule has 9 nitrogen and oxygen atoms in total. The van der Waals surface area contributed by atoms with Crippen molar-refractivity contribution in [3.05, 3.63) is 77.4 Å². The lowest BCUT2D eigenvalue weighted by atomic mass is 9.91. The number of anilines is 1. The molecule has 10 heteroatoms. The van der Waals surface area contributed by atoms with Crippen molar-refractivity contribution in [2.24, 2.45) is 11.3 Å². The highest BCUT2D eigenvalue weighted by Gasteiger charge is 2.61. The number of nitrogens with zero attached hydrogens (tertiary/aromatic N) is 4. The lowest BCUT2D eigenvalue weighted by Crippen LogP contribution is -2.48. The average Bonchev–Trinajstić information content (AvgIpc) is 3.35. The highest BCUT2D eigenvalue weighted by molar-refractivity contribution is 9.10. The van der Waals surface area contributed by atoms with Gasteiger partial charge in [0, 0.05) is 30.6 Å². The molecule has 2 fully saturated rings. The monoisotopic (exact) mass is 673 g/mol. The fourth-order valence-electron chi connectivity index (χ4n) is 6.81. The standard InChI is InChI=1S/C35H40BrN5O4/c1-2-45-34(44)35-21-25(35)16-10-4-3-5-13-19-28(37-26-17-11-7-12-18-26)33(43)40-23-27(20-29(40)30(42)22-35)41-38-31(32(36)39-41)24-14-8-6-9-15-24/h6-12,14-18,25,27-29,37H,2-5,13,19-23H2,1H3/b16-10-/t25-,27+,28-,29-,35+/m0/s1. The Balaban J connectivity index is 1.33. The van der Waals surface area contributed by atoms with Crippen LogP contribution in [0.4, 0.5) is 5.69 Å². The highest BCUT2D eigenvalue weighted by atomic mass is 79.9. The molecular weight excluding hydrogens is 634 g/mol. The minimum absolute atomic E-state index is 0.0309. The van der Waals surface area contributed by atoms with Crippen molar-refractivity contribution in [2.45, 2.75) is 76.4 Å². The quantitative estimate of drug-likeness (QED) is 0.239. The van der Waals surface area contributed by atoms with Crippen LogP contribution in [0.15, 0.2) is 77.4 Å². The zero-order valence-electron chi connectivity index (χ0n) is 25.6. The third kappa shape index (κ3) is 6.76. The maximum atomic E-state index is 14.4. The van der Waals surface area contributed by atoms with Crippen molar-refractivity contribution >= 4 is 39.3 Å². The number of benzene rings is 2. The van der Waals surface area contributed by atoms with E-state index in [0.717, 1.165) is 36.9 Å². The Bertz CT molecular complexity index is 1540. The van der Waals surface area contributed by atoms with E-state index in [-0.39, 0.29) is 42.6 Å². The van der Waals surface area contributed by atoms with Gasteiger partial charge in [0.1, 0.15) is 11.7 Å². The van der Waals surface area contributed by atoms with Gasteiger partial charge in [-0.3, -0.25) is 14.4 Å². The first-order chi connectivity index (χ1) is 21.9. The summed E-state index contributed by atoms with van der Waals surface area (Å²) in [6.45, 7) is 2.35. The van der Waals surface area contributed by atoms with E-state index in [0.29, 0.717) is 36.1 Å². The number of carbonyl (C=O) groups excluding carboxylic acids is 3. The molecule has 1 aliphatic carbocycles. The summed E-state index contributed by atoms with van der Waals surface area (Å²) in [5.74, 6) is -0.576. The van der Waals surface area contributed by atoms with E-state index in [1.807, 2.05) is 60.7 Å². The summed E-state index contributed by atoms with van der Waals surface area (Å²) >= 11 is 3.57. The van der Waals surface area contributed by atoms with Crippen molar-refractivity contribution in [3.8, 4) is 11.3 Å². The van der Waals surface area contributed by atoms with Crippen LogP contribution in [0, 0.1) is 11.3 Å². The van der Waals surface area contributed by atoms with E-state index in [2.05, 4.69) is 38.5 Å². The summed E-state index contributed by atoms with van der Waals surface area (Å²) in [4.78, 5) is 45.3. The van der Waals surface area contributed by atoms with Crippen LogP contribution in [-0.4, -0.2) is 62.8 Å². The molecule has 0 bridgehead atoms. The summed E-state index contributed by atoms with van der Waals surface area (Å²) in [5, 5.41) is 12.9. The third-order valence-electron chi connectivity index (χ3n) is 9.35. The summed E-state index contributed by atoms with van der Waals surface area (Å²) in [5.41, 5.74) is 1.62. The molecular formula is C35H40BrN5O4. The van der Waals surface area contributed by atoms with E-state index in [4.69, 9.17) is 9.84 Å². The molecule has 1 aromatic heterocycles. The molecule has 3 aliphatic rings. The smallest absolute Gasteiger partial charge is 0.313 e. The first-order valence-electron chi connectivity index (χ1n) is 16.1. The third-order valence-corrected chi connectivity index (χ3v) is 9.88. The average molecular weight is 675 g/mol. The SMILES string of the molecule is CCOC(=O)[C@]12CC(=O)[C@@H]3C[C@@H](n4nc(Br)c(-c5ccccc5)n4)CN3C(=O)[C@@H](Nc3ccccc3)CCCCC/C=C\[C@H]1C2. The van der Waals surface area contributed by atoms with Gasteiger partial charge in [0.2, 0.25) is 5.91 Å². The van der Waals surface area contributed by atoms with Crippen LogP contribution in [0.3, 0.4) is 0 Å². The van der Waals surface area contributed by atoms with Crippen molar-refractivity contribution in [1.82, 2.24) is 19.9 Å². The predicted octanol–water partition coefficient (Wildman–Crippen LogP) is 6.38. The zero-order chi connectivity index (χ0) is 31.4. The number of Topliss-reactive ketones (excluding diaryl/α,β-unsaturated/α-hetero) is 1. The van der Waals surface area contributed by atoms with Crippen molar-refractivity contribution in [2.75, 3.05) is 18.5 Å². The minimum atomic E-state index is -0.869. The van der Waals surface area contributed by atoms with Crippen LogP contribution in [-0.2, 0) is 19.1 Å². The number of esters is 1. The Morgan fingerprint density at radius 2 is 1.80 bits per heavy atom. The number of hydrogen-bond donors (Lipinski definition) is 1. The van der Waals surface area contributed by atoms with Crippen LogP contribution in [0.5, 0.6) is 0 Å². The molecule has 6 rings (SSSR count). The number of allylic oxidation sites excluding steroid dienone is 2. The topological polar surface area (TPSA) is 106 Å². The van der Waals surface area contributed by atoms with Crippen molar-refractivity contribution < 1.29 is 19.1 Å². The van der Waals surface area contributed by atoms with E-state index in [9.17, 15) is 14.4 Å². The second-order valence-corrected chi connectivity index (χ2v) is 13.1. The first kappa shape index (κ1) is 31.2. The van der Waals surface area contributed by atoms with Gasteiger partial charge in [0.15, 0.2) is 10.4 Å². The maximum absolute atomic E-state index is 14.4. The fraction of sp³-hybridized carbons (Fsp3) is 0.457. The molecule has 0 radical (unpaired) electrons. The molecule has 5 atom stereocenters. The number of para-hydroxylation sites is 1. The Hall–Kier alpha value is -3.79. The predicted molar refractivity (Wildman–Crippen MR) is 175 cm³/mol. The molecule has 45 heavy (non-hydrogen) atoms. The van der Waals surface area contributed by atoms with E-state index in [1.165, 1.54) is 0 Å². The van der Waals surface area contributed by atoms with Crippen LogP contribution < -0.4 is 5.32 Å². The Morgan fingerprint density at radius 3 is 2.56 bits per heavy atom. The number of amides is 1. The number of fused-ring (bicyclic) bond motifs is 2. The first-order valence-corrected chi connectivity index (χ1v) is 16.9. The molecule has 0 spiro atoms. The molecule has 236 valence electrons. The van der Waals surface area contributed by atoms with Gasteiger partial charge in [-0.1, -0.05) is 73.5 Å². The van der Waals surface area contributed by atoms with Crippen LogP contribution >= 0.6 is 15.9 Å². The number of rotatable bonds is 6. The number of ketones is 1. The number of ether oxygens (including phenoxy) is 1. The molecule has 1 amide bonds. The number of nitrogens with one attached hydrogen (secondary N) is 1. The van der Waals surface area contributed by atoms with Crippen molar-refractivity contribution in [3.63, 3.8) is 0 Å². The van der Waals surface area contributed by atoms with E-state index < -0.39 is 17.5 Å². The van der Waals surface area contributed by atoms with Gasteiger partial charge in [-0.15, -0.1) is 5.10 Å². The summed E-state index contributed by atoms with van der Waals surface area (Å²) in [7, 11) is 0. The van der Waals surface area contributed by atoms with Crippen LogP contribution in [0.2, 0.25) is 0 Å². The van der Waals surface area contributed by atoms with Gasteiger partial charge in [-0.2, -0.15) is 9.90 Å². The Morgan fingerprint density at radius 1 is 1.04 bits per heavy atom. The molecule has 2 aromatic carbocycles. The lowest BCUT2D eigenvalue weighted by molar-refractivity contribution is -0.152. The second-order valence-electron chi connectivity index (χ2n) is 12.4. The molecule has 1 N–H and O–H groups in total.